The van der Waals surface area contributed by atoms with Gasteiger partial charge in [0.25, 0.3) is 0 Å². The Kier molecular flexibility index (Phi) is 11.0. The van der Waals surface area contributed by atoms with Gasteiger partial charge in [-0.1, -0.05) is 51.9 Å². The summed E-state index contributed by atoms with van der Waals surface area (Å²) in [6, 6.07) is 0. The van der Waals surface area contributed by atoms with Gasteiger partial charge in [-0.25, -0.2) is 0 Å². The third-order valence-electron chi connectivity index (χ3n) is 2.22. The zero-order valence-electron chi connectivity index (χ0n) is 8.80. The fourth-order valence-electron chi connectivity index (χ4n) is 1.39. The molecule has 13 heavy (non-hydrogen) atoms. The Morgan fingerprint density at radius 3 is 2.00 bits per heavy atom. The van der Waals surface area contributed by atoms with Gasteiger partial charge in [-0.15, -0.1) is 0 Å². The van der Waals surface area contributed by atoms with Gasteiger partial charge >= 0.3 is 0 Å². The van der Waals surface area contributed by atoms with Crippen molar-refractivity contribution >= 4 is 6.41 Å². The maximum absolute atomic E-state index is 9.85. The zero-order chi connectivity index (χ0) is 9.78. The molecule has 0 spiro atoms. The lowest BCUT2D eigenvalue weighted by atomic mass is 10.1. The van der Waals surface area contributed by atoms with Crippen LogP contribution < -0.4 is 5.32 Å². The van der Waals surface area contributed by atoms with Crippen LogP contribution >= 0.6 is 0 Å². The molecule has 0 aliphatic heterocycles. The molecule has 0 N–H and O–H groups in total. The van der Waals surface area contributed by atoms with E-state index in [0.717, 1.165) is 13.0 Å². The molecular formula is C11H22NO. The first-order valence-corrected chi connectivity index (χ1v) is 5.52. The molecule has 0 rings (SSSR count). The van der Waals surface area contributed by atoms with Crippen molar-refractivity contribution in [3.63, 3.8) is 0 Å². The number of nitrogens with zero attached hydrogens (tertiary/aromatic N) is 1. The highest BCUT2D eigenvalue weighted by Crippen LogP contribution is 2.07. The second-order valence-corrected chi connectivity index (χ2v) is 3.49. The quantitative estimate of drug-likeness (QED) is 0.379. The minimum atomic E-state index is 0.654. The van der Waals surface area contributed by atoms with E-state index in [1.54, 1.807) is 0 Å². The van der Waals surface area contributed by atoms with Crippen LogP contribution in [0.1, 0.15) is 58.3 Å². The van der Waals surface area contributed by atoms with Crippen LogP contribution in [0.5, 0.6) is 0 Å². The van der Waals surface area contributed by atoms with Crippen LogP contribution in [0.2, 0.25) is 0 Å². The van der Waals surface area contributed by atoms with Gasteiger partial charge in [0, 0.05) is 6.54 Å². The van der Waals surface area contributed by atoms with Crippen LogP contribution in [0.25, 0.3) is 0 Å². The van der Waals surface area contributed by atoms with Gasteiger partial charge in [-0.2, -0.15) is 0 Å². The fraction of sp³-hybridized carbons (Fsp3) is 0.909. The molecule has 0 saturated carbocycles. The highest BCUT2D eigenvalue weighted by atomic mass is 16.1. The minimum absolute atomic E-state index is 0.654. The molecule has 0 heterocycles. The van der Waals surface area contributed by atoms with E-state index in [1.165, 1.54) is 44.9 Å². The number of unbranched alkanes of at least 4 members (excludes halogenated alkanes) is 7. The van der Waals surface area contributed by atoms with Gasteiger partial charge in [-0.3, -0.25) is 10.1 Å². The Bertz CT molecular complexity index is 104. The van der Waals surface area contributed by atoms with Crippen molar-refractivity contribution in [3.8, 4) is 0 Å². The van der Waals surface area contributed by atoms with Crippen LogP contribution in [0.15, 0.2) is 0 Å². The van der Waals surface area contributed by atoms with E-state index in [4.69, 9.17) is 0 Å². The third kappa shape index (κ3) is 11.5. The first-order chi connectivity index (χ1) is 6.41. The third-order valence-corrected chi connectivity index (χ3v) is 2.22. The molecule has 77 valence electrons. The van der Waals surface area contributed by atoms with Gasteiger partial charge in [0.15, 0.2) is 0 Å². The van der Waals surface area contributed by atoms with Crippen LogP contribution in [-0.2, 0) is 4.79 Å². The van der Waals surface area contributed by atoms with E-state index < -0.39 is 0 Å². The van der Waals surface area contributed by atoms with E-state index >= 15 is 0 Å². The van der Waals surface area contributed by atoms with Gasteiger partial charge < -0.3 is 0 Å². The number of hydrogen-bond donors (Lipinski definition) is 0. The van der Waals surface area contributed by atoms with Crippen molar-refractivity contribution in [2.75, 3.05) is 6.54 Å². The molecule has 0 saturated heterocycles. The maximum Gasteiger partial charge on any atom is 0.228 e. The minimum Gasteiger partial charge on any atom is -0.277 e. The van der Waals surface area contributed by atoms with Crippen molar-refractivity contribution in [1.29, 1.82) is 0 Å². The van der Waals surface area contributed by atoms with Gasteiger partial charge in [0.05, 0.1) is 0 Å². The van der Waals surface area contributed by atoms with Crippen molar-refractivity contribution in [3.05, 3.63) is 0 Å². The van der Waals surface area contributed by atoms with Gasteiger partial charge in [-0.05, 0) is 6.42 Å². The standard InChI is InChI=1S/C11H22NO/c1-2-3-4-5-6-7-8-9-10-12-11-13/h11H,2-10H2,1H3. The lowest BCUT2D eigenvalue weighted by molar-refractivity contribution is -0.109. The molecule has 0 aromatic carbocycles. The predicted molar refractivity (Wildman–Crippen MR) is 55.7 cm³/mol. The molecule has 1 radical (unpaired) electrons. The molecule has 0 bridgehead atoms. The SMILES string of the molecule is CCCCCCCCCC[N]C=O. The van der Waals surface area contributed by atoms with Crippen molar-refractivity contribution in [2.45, 2.75) is 58.3 Å². The van der Waals surface area contributed by atoms with Crippen LogP contribution in [0.4, 0.5) is 0 Å². The average molecular weight is 184 g/mol. The zero-order valence-corrected chi connectivity index (χ0v) is 8.80. The molecule has 0 aromatic rings. The molecule has 0 aromatic heterocycles. The van der Waals surface area contributed by atoms with E-state index in [0.29, 0.717) is 6.41 Å². The normalized spacial score (nSPS) is 9.92. The average Bonchev–Trinajstić information content (AvgIpc) is 2.16. The topological polar surface area (TPSA) is 31.2 Å². The maximum atomic E-state index is 9.85. The van der Waals surface area contributed by atoms with Crippen molar-refractivity contribution in [1.82, 2.24) is 5.32 Å². The summed E-state index contributed by atoms with van der Waals surface area (Å²) in [5.41, 5.74) is 0. The second kappa shape index (κ2) is 11.5. The van der Waals surface area contributed by atoms with Gasteiger partial charge in [0.2, 0.25) is 6.41 Å². The first-order valence-electron chi connectivity index (χ1n) is 5.52. The predicted octanol–water partition coefficient (Wildman–Crippen LogP) is 2.89. The highest BCUT2D eigenvalue weighted by Gasteiger charge is 1.91. The second-order valence-electron chi connectivity index (χ2n) is 3.49. The van der Waals surface area contributed by atoms with E-state index in [1.807, 2.05) is 0 Å². The number of rotatable bonds is 10. The summed E-state index contributed by atoms with van der Waals surface area (Å²) in [6.07, 6.45) is 11.1. The van der Waals surface area contributed by atoms with Crippen molar-refractivity contribution < 1.29 is 4.79 Å². The van der Waals surface area contributed by atoms with Gasteiger partial charge in [0.1, 0.15) is 0 Å². The summed E-state index contributed by atoms with van der Waals surface area (Å²) >= 11 is 0. The molecule has 1 amide bonds. The molecule has 0 atom stereocenters. The van der Waals surface area contributed by atoms with E-state index in [9.17, 15) is 4.79 Å². The Morgan fingerprint density at radius 2 is 1.46 bits per heavy atom. The van der Waals surface area contributed by atoms with E-state index in [-0.39, 0.29) is 0 Å². The highest BCUT2D eigenvalue weighted by molar-refractivity contribution is 5.45. The number of hydrogen-bond acceptors (Lipinski definition) is 1. The number of carbonyl (C=O) groups is 1. The van der Waals surface area contributed by atoms with Crippen LogP contribution in [0.3, 0.4) is 0 Å². The Balaban J connectivity index is 2.79. The summed E-state index contributed by atoms with van der Waals surface area (Å²) in [4.78, 5) is 9.85. The molecule has 0 aliphatic carbocycles. The monoisotopic (exact) mass is 184 g/mol. The largest absolute Gasteiger partial charge is 0.277 e. The van der Waals surface area contributed by atoms with E-state index in [2.05, 4.69) is 12.2 Å². The number of carbonyl (C=O) groups excluding carboxylic acids is 1. The lowest BCUT2D eigenvalue weighted by Gasteiger charge is -1.99. The van der Waals surface area contributed by atoms with Crippen LogP contribution in [0, 0.1) is 0 Å². The Labute approximate surface area is 82.1 Å². The lowest BCUT2D eigenvalue weighted by Crippen LogP contribution is -2.02. The summed E-state index contributed by atoms with van der Waals surface area (Å²) in [6.45, 7) is 2.96. The molecule has 2 nitrogen and oxygen atoms in total. The molecule has 0 unspecified atom stereocenters. The Hall–Kier alpha value is -0.530. The van der Waals surface area contributed by atoms with Crippen molar-refractivity contribution in [2.24, 2.45) is 0 Å². The number of amides is 1. The summed E-state index contributed by atoms with van der Waals surface area (Å²) in [5.74, 6) is 0. The summed E-state index contributed by atoms with van der Waals surface area (Å²) in [5, 5.41) is 3.64. The summed E-state index contributed by atoms with van der Waals surface area (Å²) < 4.78 is 0. The first kappa shape index (κ1) is 12.5. The molecule has 2 heteroatoms. The van der Waals surface area contributed by atoms with Crippen LogP contribution in [-0.4, -0.2) is 13.0 Å². The molecule has 0 fully saturated rings. The molecule has 0 aliphatic rings. The fourth-order valence-corrected chi connectivity index (χ4v) is 1.39. The smallest absolute Gasteiger partial charge is 0.228 e. The summed E-state index contributed by atoms with van der Waals surface area (Å²) in [7, 11) is 0. The Morgan fingerprint density at radius 1 is 0.923 bits per heavy atom. The molecular weight excluding hydrogens is 162 g/mol.